The second kappa shape index (κ2) is 8.04. The zero-order valence-corrected chi connectivity index (χ0v) is 15.2. The highest BCUT2D eigenvalue weighted by Crippen LogP contribution is 2.26. The van der Waals surface area contributed by atoms with Crippen LogP contribution in [0.25, 0.3) is 0 Å². The van der Waals surface area contributed by atoms with E-state index in [1.54, 1.807) is 6.20 Å². The van der Waals surface area contributed by atoms with Crippen LogP contribution in [0.5, 0.6) is 0 Å². The highest BCUT2D eigenvalue weighted by molar-refractivity contribution is 5.87. The molecule has 0 radical (unpaired) electrons. The standard InChI is InChI=1S/C23H23N3O/c27-23(26-17-15-25(16-18-26)20-11-5-2-6-12-20)22(19-9-3-1-4-10-19)21-13-7-8-14-24-21/h1-14,22H,15-18H2. The van der Waals surface area contributed by atoms with Crippen LogP contribution in [-0.2, 0) is 4.79 Å². The lowest BCUT2D eigenvalue weighted by molar-refractivity contribution is -0.132. The molecule has 1 aliphatic heterocycles. The minimum atomic E-state index is -0.351. The SMILES string of the molecule is O=C(C(c1ccccc1)c1ccccn1)N1CCN(c2ccccc2)CC1. The van der Waals surface area contributed by atoms with E-state index in [-0.39, 0.29) is 11.8 Å². The van der Waals surface area contributed by atoms with Gasteiger partial charge < -0.3 is 9.80 Å². The maximum absolute atomic E-state index is 13.4. The number of pyridine rings is 1. The summed E-state index contributed by atoms with van der Waals surface area (Å²) in [5.74, 6) is -0.219. The van der Waals surface area contributed by atoms with Crippen molar-refractivity contribution in [3.8, 4) is 0 Å². The smallest absolute Gasteiger partial charge is 0.236 e. The zero-order valence-electron chi connectivity index (χ0n) is 15.2. The molecule has 1 atom stereocenters. The Labute approximate surface area is 160 Å². The van der Waals surface area contributed by atoms with Crippen molar-refractivity contribution in [2.75, 3.05) is 31.1 Å². The van der Waals surface area contributed by atoms with Crippen molar-refractivity contribution in [2.45, 2.75) is 5.92 Å². The van der Waals surface area contributed by atoms with Crippen LogP contribution >= 0.6 is 0 Å². The Kier molecular flexibility index (Phi) is 5.15. The number of piperazine rings is 1. The van der Waals surface area contributed by atoms with Crippen molar-refractivity contribution in [2.24, 2.45) is 0 Å². The molecule has 1 aromatic heterocycles. The molecule has 1 unspecified atom stereocenters. The molecular formula is C23H23N3O. The monoisotopic (exact) mass is 357 g/mol. The summed E-state index contributed by atoms with van der Waals surface area (Å²) in [5.41, 5.74) is 3.01. The fourth-order valence-electron chi connectivity index (χ4n) is 3.64. The number of carbonyl (C=O) groups is 1. The van der Waals surface area contributed by atoms with Crippen LogP contribution in [0.15, 0.2) is 85.1 Å². The molecule has 1 fully saturated rings. The Morgan fingerprint density at radius 1 is 0.778 bits per heavy atom. The van der Waals surface area contributed by atoms with Gasteiger partial charge in [-0.05, 0) is 29.8 Å². The second-order valence-corrected chi connectivity index (χ2v) is 6.75. The fraction of sp³-hybridized carbons (Fsp3) is 0.217. The Balaban J connectivity index is 1.53. The maximum Gasteiger partial charge on any atom is 0.236 e. The van der Waals surface area contributed by atoms with E-state index in [2.05, 4.69) is 34.1 Å². The largest absolute Gasteiger partial charge is 0.368 e. The van der Waals surface area contributed by atoms with Crippen LogP contribution in [0, 0.1) is 0 Å². The minimum Gasteiger partial charge on any atom is -0.368 e. The van der Waals surface area contributed by atoms with Gasteiger partial charge in [0, 0.05) is 38.1 Å². The topological polar surface area (TPSA) is 36.4 Å². The Morgan fingerprint density at radius 2 is 1.41 bits per heavy atom. The molecule has 0 aliphatic carbocycles. The third-order valence-electron chi connectivity index (χ3n) is 5.08. The molecule has 4 rings (SSSR count). The summed E-state index contributed by atoms with van der Waals surface area (Å²) in [6, 6.07) is 26.1. The van der Waals surface area contributed by atoms with Crippen molar-refractivity contribution in [1.29, 1.82) is 0 Å². The first kappa shape index (κ1) is 17.3. The van der Waals surface area contributed by atoms with Gasteiger partial charge >= 0.3 is 0 Å². The number of benzene rings is 2. The van der Waals surface area contributed by atoms with E-state index in [0.717, 1.165) is 37.4 Å². The molecule has 0 bridgehead atoms. The molecule has 1 saturated heterocycles. The molecule has 2 heterocycles. The van der Waals surface area contributed by atoms with E-state index in [1.165, 1.54) is 5.69 Å². The molecule has 3 aromatic rings. The number of para-hydroxylation sites is 1. The summed E-state index contributed by atoms with van der Waals surface area (Å²) in [6.45, 7) is 3.15. The highest BCUT2D eigenvalue weighted by atomic mass is 16.2. The van der Waals surface area contributed by atoms with Crippen LogP contribution in [0.1, 0.15) is 17.2 Å². The predicted octanol–water partition coefficient (Wildman–Crippen LogP) is 3.56. The molecule has 0 spiro atoms. The number of hydrogen-bond donors (Lipinski definition) is 0. The van der Waals surface area contributed by atoms with Gasteiger partial charge in [-0.25, -0.2) is 0 Å². The molecule has 27 heavy (non-hydrogen) atoms. The maximum atomic E-state index is 13.4. The first-order chi connectivity index (χ1) is 13.3. The molecule has 4 heteroatoms. The lowest BCUT2D eigenvalue weighted by Gasteiger charge is -2.37. The molecule has 1 amide bonds. The molecular weight excluding hydrogens is 334 g/mol. The summed E-state index contributed by atoms with van der Waals surface area (Å²) >= 11 is 0. The van der Waals surface area contributed by atoms with Gasteiger partial charge in [0.05, 0.1) is 5.69 Å². The van der Waals surface area contributed by atoms with E-state index < -0.39 is 0 Å². The Morgan fingerprint density at radius 3 is 2.04 bits per heavy atom. The Hall–Kier alpha value is -3.14. The average Bonchev–Trinajstić information content (AvgIpc) is 2.76. The van der Waals surface area contributed by atoms with E-state index in [0.29, 0.717) is 0 Å². The normalized spacial score (nSPS) is 15.4. The summed E-state index contributed by atoms with van der Waals surface area (Å²) < 4.78 is 0. The van der Waals surface area contributed by atoms with Crippen molar-refractivity contribution >= 4 is 11.6 Å². The van der Waals surface area contributed by atoms with E-state index >= 15 is 0 Å². The third-order valence-corrected chi connectivity index (χ3v) is 5.08. The first-order valence-corrected chi connectivity index (χ1v) is 9.37. The van der Waals surface area contributed by atoms with Gasteiger partial charge in [0.15, 0.2) is 0 Å². The number of carbonyl (C=O) groups excluding carboxylic acids is 1. The molecule has 1 aliphatic rings. The number of hydrogen-bond acceptors (Lipinski definition) is 3. The van der Waals surface area contributed by atoms with Gasteiger partial charge in [0.2, 0.25) is 5.91 Å². The van der Waals surface area contributed by atoms with Gasteiger partial charge in [0.1, 0.15) is 5.92 Å². The summed E-state index contributed by atoms with van der Waals surface area (Å²) in [7, 11) is 0. The van der Waals surface area contributed by atoms with Gasteiger partial charge in [-0.2, -0.15) is 0 Å². The van der Waals surface area contributed by atoms with Crippen LogP contribution in [0.2, 0.25) is 0 Å². The summed E-state index contributed by atoms with van der Waals surface area (Å²) in [6.07, 6.45) is 1.76. The molecule has 4 nitrogen and oxygen atoms in total. The molecule has 2 aromatic carbocycles. The lowest BCUT2D eigenvalue weighted by Crippen LogP contribution is -2.50. The Bertz CT molecular complexity index is 820. The highest BCUT2D eigenvalue weighted by Gasteiger charge is 2.30. The summed E-state index contributed by atoms with van der Waals surface area (Å²) in [5, 5.41) is 0. The van der Waals surface area contributed by atoms with Crippen molar-refractivity contribution in [1.82, 2.24) is 9.88 Å². The number of aromatic nitrogens is 1. The van der Waals surface area contributed by atoms with Crippen LogP contribution < -0.4 is 4.90 Å². The van der Waals surface area contributed by atoms with Crippen LogP contribution in [0.4, 0.5) is 5.69 Å². The number of anilines is 1. The molecule has 0 N–H and O–H groups in total. The van der Waals surface area contributed by atoms with Gasteiger partial charge in [0.25, 0.3) is 0 Å². The van der Waals surface area contributed by atoms with Gasteiger partial charge in [-0.15, -0.1) is 0 Å². The molecule has 136 valence electrons. The van der Waals surface area contributed by atoms with Gasteiger partial charge in [-0.3, -0.25) is 9.78 Å². The lowest BCUT2D eigenvalue weighted by atomic mass is 9.93. The first-order valence-electron chi connectivity index (χ1n) is 9.37. The predicted molar refractivity (Wildman–Crippen MR) is 108 cm³/mol. The number of amides is 1. The minimum absolute atomic E-state index is 0.132. The third kappa shape index (κ3) is 3.85. The number of nitrogens with zero attached hydrogens (tertiary/aromatic N) is 3. The average molecular weight is 357 g/mol. The summed E-state index contributed by atoms with van der Waals surface area (Å²) in [4.78, 5) is 22.2. The quantitative estimate of drug-likeness (QED) is 0.716. The molecule has 0 saturated carbocycles. The van der Waals surface area contributed by atoms with Crippen molar-refractivity contribution in [3.05, 3.63) is 96.3 Å². The van der Waals surface area contributed by atoms with Crippen LogP contribution in [0.3, 0.4) is 0 Å². The fourth-order valence-corrected chi connectivity index (χ4v) is 3.64. The van der Waals surface area contributed by atoms with E-state index in [1.807, 2.05) is 59.5 Å². The van der Waals surface area contributed by atoms with Gasteiger partial charge in [-0.1, -0.05) is 54.6 Å². The van der Waals surface area contributed by atoms with E-state index in [4.69, 9.17) is 0 Å². The second-order valence-electron chi connectivity index (χ2n) is 6.75. The van der Waals surface area contributed by atoms with Crippen molar-refractivity contribution in [3.63, 3.8) is 0 Å². The zero-order chi connectivity index (χ0) is 18.5. The van der Waals surface area contributed by atoms with Crippen LogP contribution in [-0.4, -0.2) is 42.0 Å². The van der Waals surface area contributed by atoms with E-state index in [9.17, 15) is 4.79 Å². The number of rotatable bonds is 4. The van der Waals surface area contributed by atoms with Crippen molar-refractivity contribution < 1.29 is 4.79 Å².